The van der Waals surface area contributed by atoms with Gasteiger partial charge in [-0.05, 0) is 41.0 Å². The van der Waals surface area contributed by atoms with Crippen LogP contribution in [0.5, 0.6) is 0 Å². The summed E-state index contributed by atoms with van der Waals surface area (Å²) in [5.41, 5.74) is 4.47. The number of aliphatic hydroxyl groups is 1. The maximum atomic E-state index is 12.5. The first-order valence-electron chi connectivity index (χ1n) is 10.7. The zero-order chi connectivity index (χ0) is 22.7. The van der Waals surface area contributed by atoms with E-state index in [-0.39, 0.29) is 25.0 Å². The molecule has 32 heavy (non-hydrogen) atoms. The average Bonchev–Trinajstić information content (AvgIpc) is 3.56. The fourth-order valence-electron chi connectivity index (χ4n) is 4.20. The van der Waals surface area contributed by atoms with Crippen LogP contribution in [0.25, 0.3) is 11.1 Å². The largest absolute Gasteiger partial charge is 0.481 e. The number of rotatable bonds is 9. The molecule has 168 valence electrons. The highest BCUT2D eigenvalue weighted by Crippen LogP contribution is 2.44. The number of aliphatic hydroxyl groups excluding tert-OH is 1. The van der Waals surface area contributed by atoms with Crippen LogP contribution in [0.15, 0.2) is 48.5 Å². The standard InChI is InChI=1S/C24H26N2O6/c27-15(11-21(28)29)12-25-23(30)22(14-9-10-14)26-24(31)32-13-20-18-7-3-1-5-16(18)17-6-2-4-8-19(17)20/h1-8,14-15,20,22,27H,9-13H2,(H,25,30)(H,26,31)(H,28,29). The van der Waals surface area contributed by atoms with Crippen molar-refractivity contribution in [2.75, 3.05) is 13.2 Å². The quantitative estimate of drug-likeness (QED) is 0.476. The molecule has 8 nitrogen and oxygen atoms in total. The van der Waals surface area contributed by atoms with Gasteiger partial charge in [-0.2, -0.15) is 0 Å². The highest BCUT2D eigenvalue weighted by Gasteiger charge is 2.38. The summed E-state index contributed by atoms with van der Waals surface area (Å²) in [6, 6.07) is 15.3. The average molecular weight is 438 g/mol. The Labute approximate surface area is 185 Å². The van der Waals surface area contributed by atoms with Gasteiger partial charge >= 0.3 is 12.1 Å². The molecule has 0 bridgehead atoms. The van der Waals surface area contributed by atoms with Crippen LogP contribution in [0.3, 0.4) is 0 Å². The number of aliphatic carboxylic acids is 1. The van der Waals surface area contributed by atoms with Crippen LogP contribution in [0.2, 0.25) is 0 Å². The summed E-state index contributed by atoms with van der Waals surface area (Å²) in [6.07, 6.45) is -0.719. The molecule has 2 aliphatic carbocycles. The second-order valence-corrected chi connectivity index (χ2v) is 8.28. The second kappa shape index (κ2) is 9.40. The van der Waals surface area contributed by atoms with Gasteiger partial charge in [-0.3, -0.25) is 9.59 Å². The highest BCUT2D eigenvalue weighted by atomic mass is 16.5. The van der Waals surface area contributed by atoms with E-state index in [4.69, 9.17) is 9.84 Å². The third kappa shape index (κ3) is 4.91. The summed E-state index contributed by atoms with van der Waals surface area (Å²) in [5.74, 6) is -1.67. The minimum Gasteiger partial charge on any atom is -0.481 e. The van der Waals surface area contributed by atoms with Crippen molar-refractivity contribution in [2.24, 2.45) is 5.92 Å². The molecule has 4 N–H and O–H groups in total. The maximum Gasteiger partial charge on any atom is 0.407 e. The van der Waals surface area contributed by atoms with Crippen molar-refractivity contribution in [1.82, 2.24) is 10.6 Å². The molecule has 8 heteroatoms. The van der Waals surface area contributed by atoms with Crippen molar-refractivity contribution >= 4 is 18.0 Å². The van der Waals surface area contributed by atoms with Crippen molar-refractivity contribution < 1.29 is 29.3 Å². The third-order valence-electron chi connectivity index (χ3n) is 5.92. The van der Waals surface area contributed by atoms with Crippen LogP contribution in [0.4, 0.5) is 4.79 Å². The van der Waals surface area contributed by atoms with Crippen LogP contribution in [-0.2, 0) is 14.3 Å². The minimum absolute atomic E-state index is 0.00657. The summed E-state index contributed by atoms with van der Waals surface area (Å²) in [4.78, 5) is 35.7. The first kappa shape index (κ1) is 21.8. The van der Waals surface area contributed by atoms with Crippen molar-refractivity contribution in [2.45, 2.75) is 37.3 Å². The molecule has 0 spiro atoms. The van der Waals surface area contributed by atoms with Gasteiger partial charge in [0, 0.05) is 12.5 Å². The molecular formula is C24H26N2O6. The Bertz CT molecular complexity index is 974. The van der Waals surface area contributed by atoms with Gasteiger partial charge in [-0.1, -0.05) is 48.5 Å². The predicted octanol–water partition coefficient (Wildman–Crippen LogP) is 2.26. The molecular weight excluding hydrogens is 412 g/mol. The summed E-state index contributed by atoms with van der Waals surface area (Å²) >= 11 is 0. The van der Waals surface area contributed by atoms with Gasteiger partial charge in [0.1, 0.15) is 12.6 Å². The lowest BCUT2D eigenvalue weighted by atomic mass is 9.98. The van der Waals surface area contributed by atoms with Gasteiger partial charge in [-0.25, -0.2) is 4.79 Å². The van der Waals surface area contributed by atoms with Crippen molar-refractivity contribution in [3.05, 3.63) is 59.7 Å². The first-order chi connectivity index (χ1) is 15.4. The lowest BCUT2D eigenvalue weighted by Gasteiger charge is -2.20. The lowest BCUT2D eigenvalue weighted by molar-refractivity contribution is -0.139. The number of carbonyl (C=O) groups excluding carboxylic acids is 2. The number of carbonyl (C=O) groups is 3. The van der Waals surface area contributed by atoms with Gasteiger partial charge in [0.25, 0.3) is 0 Å². The number of amides is 2. The molecule has 0 radical (unpaired) electrons. The molecule has 0 aliphatic heterocycles. The van der Waals surface area contributed by atoms with Crippen molar-refractivity contribution in [3.8, 4) is 11.1 Å². The Kier molecular flexibility index (Phi) is 6.41. The summed E-state index contributed by atoms with van der Waals surface area (Å²) in [6.45, 7) is -0.0447. The van der Waals surface area contributed by atoms with Crippen LogP contribution in [0.1, 0.15) is 36.3 Å². The number of benzene rings is 2. The third-order valence-corrected chi connectivity index (χ3v) is 5.92. The number of fused-ring (bicyclic) bond motifs is 3. The van der Waals surface area contributed by atoms with Crippen LogP contribution in [-0.4, -0.2) is 53.5 Å². The van der Waals surface area contributed by atoms with E-state index in [1.54, 1.807) is 0 Å². The number of nitrogens with one attached hydrogen (secondary N) is 2. The SMILES string of the molecule is O=C(O)CC(O)CNC(=O)C(NC(=O)OCC1c2ccccc2-c2ccccc21)C1CC1. The smallest absolute Gasteiger partial charge is 0.407 e. The van der Waals surface area contributed by atoms with E-state index in [1.807, 2.05) is 36.4 Å². The molecule has 2 unspecified atom stereocenters. The maximum absolute atomic E-state index is 12.5. The number of carboxylic acids is 1. The predicted molar refractivity (Wildman–Crippen MR) is 116 cm³/mol. The number of hydrogen-bond donors (Lipinski definition) is 4. The number of ether oxygens (including phenoxy) is 1. The summed E-state index contributed by atoms with van der Waals surface area (Å²) in [5, 5.41) is 23.5. The van der Waals surface area contributed by atoms with Gasteiger partial charge in [0.15, 0.2) is 0 Å². The highest BCUT2D eigenvalue weighted by molar-refractivity contribution is 5.86. The molecule has 2 atom stereocenters. The number of alkyl carbamates (subject to hydrolysis) is 1. The Morgan fingerprint density at radius 2 is 1.59 bits per heavy atom. The molecule has 2 amide bonds. The van der Waals surface area contributed by atoms with E-state index in [0.29, 0.717) is 0 Å². The molecule has 1 fully saturated rings. The molecule has 2 aliphatic rings. The van der Waals surface area contributed by atoms with Crippen LogP contribution >= 0.6 is 0 Å². The topological polar surface area (TPSA) is 125 Å². The van der Waals surface area contributed by atoms with Gasteiger partial charge in [-0.15, -0.1) is 0 Å². The molecule has 4 rings (SSSR count). The van der Waals surface area contributed by atoms with E-state index in [9.17, 15) is 19.5 Å². The van der Waals surface area contributed by atoms with Gasteiger partial charge in [0.05, 0.1) is 12.5 Å². The Morgan fingerprint density at radius 1 is 1.00 bits per heavy atom. The zero-order valence-electron chi connectivity index (χ0n) is 17.5. The monoisotopic (exact) mass is 438 g/mol. The van der Waals surface area contributed by atoms with E-state index in [2.05, 4.69) is 22.8 Å². The van der Waals surface area contributed by atoms with Gasteiger partial charge in [0.2, 0.25) is 5.91 Å². The first-order valence-corrected chi connectivity index (χ1v) is 10.7. The molecule has 1 saturated carbocycles. The zero-order valence-corrected chi connectivity index (χ0v) is 17.5. The Balaban J connectivity index is 1.35. The normalized spacial score (nSPS) is 16.4. The lowest BCUT2D eigenvalue weighted by Crippen LogP contribution is -2.50. The molecule has 0 aromatic heterocycles. The summed E-state index contributed by atoms with van der Waals surface area (Å²) < 4.78 is 5.52. The molecule has 2 aromatic rings. The van der Waals surface area contributed by atoms with Crippen LogP contribution in [0, 0.1) is 5.92 Å². The number of hydrogen-bond acceptors (Lipinski definition) is 5. The fraction of sp³-hybridized carbons (Fsp3) is 0.375. The Hall–Kier alpha value is -3.39. The second-order valence-electron chi connectivity index (χ2n) is 8.28. The van der Waals surface area contributed by atoms with E-state index < -0.39 is 36.5 Å². The van der Waals surface area contributed by atoms with E-state index in [1.165, 1.54) is 0 Å². The Morgan fingerprint density at radius 3 is 2.16 bits per heavy atom. The van der Waals surface area contributed by atoms with Crippen molar-refractivity contribution in [3.63, 3.8) is 0 Å². The van der Waals surface area contributed by atoms with Crippen molar-refractivity contribution in [1.29, 1.82) is 0 Å². The molecule has 2 aromatic carbocycles. The van der Waals surface area contributed by atoms with E-state index >= 15 is 0 Å². The molecule has 0 heterocycles. The summed E-state index contributed by atoms with van der Waals surface area (Å²) in [7, 11) is 0. The molecule has 0 saturated heterocycles. The van der Waals surface area contributed by atoms with Crippen LogP contribution < -0.4 is 10.6 Å². The van der Waals surface area contributed by atoms with E-state index in [0.717, 1.165) is 35.1 Å². The van der Waals surface area contributed by atoms with Gasteiger partial charge < -0.3 is 25.6 Å². The number of carboxylic acid groups (broad SMARTS) is 1. The minimum atomic E-state index is -1.19. The fourth-order valence-corrected chi connectivity index (χ4v) is 4.20.